The summed E-state index contributed by atoms with van der Waals surface area (Å²) in [6.07, 6.45) is 8.40. The van der Waals surface area contributed by atoms with Gasteiger partial charge in [0.15, 0.2) is 0 Å². The molecule has 88 valence electrons. The molecule has 0 fully saturated rings. The van der Waals surface area contributed by atoms with Crippen LogP contribution in [0.5, 0.6) is 0 Å². The summed E-state index contributed by atoms with van der Waals surface area (Å²) >= 11 is 0. The highest BCUT2D eigenvalue weighted by molar-refractivity contribution is 4.92. The predicted molar refractivity (Wildman–Crippen MR) is 67.9 cm³/mol. The number of nitrogens with zero attached hydrogens (tertiary/aromatic N) is 1. The molecule has 1 N–H and O–H groups in total. The fourth-order valence-electron chi connectivity index (χ4n) is 1.67. The molecule has 0 bridgehead atoms. The fourth-order valence-corrected chi connectivity index (χ4v) is 1.67. The van der Waals surface area contributed by atoms with Crippen LogP contribution >= 0.6 is 0 Å². The highest BCUT2D eigenvalue weighted by Crippen LogP contribution is 2.20. The van der Waals surface area contributed by atoms with E-state index in [0.29, 0.717) is 6.04 Å². The van der Waals surface area contributed by atoms with E-state index in [9.17, 15) is 0 Å². The van der Waals surface area contributed by atoms with Crippen LogP contribution in [0, 0.1) is 12.3 Å². The Morgan fingerprint density at radius 2 is 2.00 bits per heavy atom. The van der Waals surface area contributed by atoms with Gasteiger partial charge < -0.3 is 10.2 Å². The normalized spacial score (nSPS) is 13.9. The summed E-state index contributed by atoms with van der Waals surface area (Å²) in [6.45, 7) is 7.71. The van der Waals surface area contributed by atoms with Gasteiger partial charge in [0, 0.05) is 18.0 Å². The topological polar surface area (TPSA) is 15.3 Å². The monoisotopic (exact) mass is 210 g/mol. The first-order valence-electron chi connectivity index (χ1n) is 5.81. The lowest BCUT2D eigenvalue weighted by atomic mass is 9.89. The van der Waals surface area contributed by atoms with Crippen LogP contribution in [0.4, 0.5) is 0 Å². The van der Waals surface area contributed by atoms with Gasteiger partial charge in [0.25, 0.3) is 0 Å². The van der Waals surface area contributed by atoms with Crippen molar-refractivity contribution in [1.82, 2.24) is 10.2 Å². The zero-order valence-corrected chi connectivity index (χ0v) is 10.9. The highest BCUT2D eigenvalue weighted by Gasteiger charge is 2.30. The molecule has 0 aliphatic heterocycles. The lowest BCUT2D eigenvalue weighted by Crippen LogP contribution is -2.55. The number of hydrogen-bond acceptors (Lipinski definition) is 2. The van der Waals surface area contributed by atoms with Crippen LogP contribution in [0.3, 0.4) is 0 Å². The summed E-state index contributed by atoms with van der Waals surface area (Å²) < 4.78 is 0. The maximum Gasteiger partial charge on any atom is 0.0300 e. The zero-order chi connectivity index (χ0) is 11.9. The number of likely N-dealkylation sites (N-methyl/N-ethyl adjacent to an activating group) is 2. The molecule has 0 saturated carbocycles. The van der Waals surface area contributed by atoms with Gasteiger partial charge in [-0.1, -0.05) is 6.92 Å². The maximum atomic E-state index is 5.28. The molecule has 2 nitrogen and oxygen atoms in total. The predicted octanol–water partition coefficient (Wildman–Crippen LogP) is 2.11. The molecular weight excluding hydrogens is 184 g/mol. The van der Waals surface area contributed by atoms with Gasteiger partial charge in [0.1, 0.15) is 0 Å². The van der Waals surface area contributed by atoms with E-state index in [2.05, 4.69) is 51.0 Å². The minimum Gasteiger partial charge on any atom is -0.312 e. The Kier molecular flexibility index (Phi) is 6.63. The second-order valence-corrected chi connectivity index (χ2v) is 4.75. The van der Waals surface area contributed by atoms with Crippen molar-refractivity contribution in [1.29, 1.82) is 0 Å². The molecular formula is C13H26N2. The van der Waals surface area contributed by atoms with Crippen molar-refractivity contribution < 1.29 is 0 Å². The first-order chi connectivity index (χ1) is 6.96. The van der Waals surface area contributed by atoms with E-state index in [4.69, 9.17) is 6.42 Å². The van der Waals surface area contributed by atoms with Crippen LogP contribution in [0.1, 0.15) is 40.0 Å². The molecule has 2 heteroatoms. The van der Waals surface area contributed by atoms with Crippen LogP contribution < -0.4 is 5.32 Å². The quantitative estimate of drug-likeness (QED) is 0.511. The molecule has 0 aromatic heterocycles. The SMILES string of the molecule is C#CCCCC(NCC)C(C)(C)N(C)C. The van der Waals surface area contributed by atoms with Gasteiger partial charge in [-0.2, -0.15) is 0 Å². The third-order valence-corrected chi connectivity index (χ3v) is 3.27. The van der Waals surface area contributed by atoms with Gasteiger partial charge in [-0.25, -0.2) is 0 Å². The second-order valence-electron chi connectivity index (χ2n) is 4.75. The Balaban J connectivity index is 4.31. The van der Waals surface area contributed by atoms with Crippen molar-refractivity contribution in [2.24, 2.45) is 0 Å². The van der Waals surface area contributed by atoms with E-state index >= 15 is 0 Å². The molecule has 0 aliphatic carbocycles. The molecule has 0 amide bonds. The Bertz CT molecular complexity index is 201. The van der Waals surface area contributed by atoms with Gasteiger partial charge in [0.05, 0.1) is 0 Å². The second kappa shape index (κ2) is 6.87. The fraction of sp³-hybridized carbons (Fsp3) is 0.846. The molecule has 0 aromatic carbocycles. The molecule has 15 heavy (non-hydrogen) atoms. The summed E-state index contributed by atoms with van der Waals surface area (Å²) in [6, 6.07) is 0.505. The van der Waals surface area contributed by atoms with Gasteiger partial charge in [-0.15, -0.1) is 12.3 Å². The average molecular weight is 210 g/mol. The molecule has 0 aliphatic rings. The molecule has 0 spiro atoms. The smallest absolute Gasteiger partial charge is 0.0300 e. The minimum absolute atomic E-state index is 0.171. The van der Waals surface area contributed by atoms with Crippen LogP contribution in [0.2, 0.25) is 0 Å². The number of unbranched alkanes of at least 4 members (excludes halogenated alkanes) is 1. The first kappa shape index (κ1) is 14.5. The van der Waals surface area contributed by atoms with Crippen molar-refractivity contribution >= 4 is 0 Å². The number of rotatable bonds is 7. The molecule has 1 unspecified atom stereocenters. The summed E-state index contributed by atoms with van der Waals surface area (Å²) in [5.74, 6) is 2.70. The van der Waals surface area contributed by atoms with E-state index in [1.807, 2.05) is 0 Å². The van der Waals surface area contributed by atoms with Crippen molar-refractivity contribution in [2.45, 2.75) is 51.6 Å². The van der Waals surface area contributed by atoms with Crippen LogP contribution in [-0.4, -0.2) is 37.1 Å². The van der Waals surface area contributed by atoms with E-state index in [0.717, 1.165) is 25.8 Å². The van der Waals surface area contributed by atoms with Gasteiger partial charge in [0.2, 0.25) is 0 Å². The van der Waals surface area contributed by atoms with E-state index in [1.165, 1.54) is 0 Å². The van der Waals surface area contributed by atoms with Crippen molar-refractivity contribution in [3.8, 4) is 12.3 Å². The van der Waals surface area contributed by atoms with Crippen LogP contribution in [-0.2, 0) is 0 Å². The van der Waals surface area contributed by atoms with E-state index in [-0.39, 0.29) is 5.54 Å². The number of terminal acetylenes is 1. The third-order valence-electron chi connectivity index (χ3n) is 3.27. The lowest BCUT2D eigenvalue weighted by Gasteiger charge is -2.40. The molecule has 0 rings (SSSR count). The Morgan fingerprint density at radius 1 is 1.40 bits per heavy atom. The maximum absolute atomic E-state index is 5.28. The molecule has 1 atom stereocenters. The molecule has 0 radical (unpaired) electrons. The Labute approximate surface area is 95.4 Å². The summed E-state index contributed by atoms with van der Waals surface area (Å²) in [5, 5.41) is 3.55. The highest BCUT2D eigenvalue weighted by atomic mass is 15.2. The standard InChI is InChI=1S/C13H26N2/c1-7-9-10-11-12(14-8-2)13(3,4)15(5)6/h1,12,14H,8-11H2,2-6H3. The van der Waals surface area contributed by atoms with Crippen LogP contribution in [0.25, 0.3) is 0 Å². The molecule has 0 heterocycles. The lowest BCUT2D eigenvalue weighted by molar-refractivity contribution is 0.132. The Hall–Kier alpha value is -0.520. The Morgan fingerprint density at radius 3 is 2.40 bits per heavy atom. The first-order valence-corrected chi connectivity index (χ1v) is 5.81. The zero-order valence-electron chi connectivity index (χ0n) is 10.9. The van der Waals surface area contributed by atoms with Crippen molar-refractivity contribution in [3.63, 3.8) is 0 Å². The summed E-state index contributed by atoms with van der Waals surface area (Å²) in [7, 11) is 4.26. The van der Waals surface area contributed by atoms with E-state index < -0.39 is 0 Å². The van der Waals surface area contributed by atoms with Crippen molar-refractivity contribution in [3.05, 3.63) is 0 Å². The molecule has 0 aromatic rings. The molecule has 0 saturated heterocycles. The summed E-state index contributed by atoms with van der Waals surface area (Å²) in [4.78, 5) is 2.27. The number of hydrogen-bond donors (Lipinski definition) is 1. The van der Waals surface area contributed by atoms with Crippen LogP contribution in [0.15, 0.2) is 0 Å². The van der Waals surface area contributed by atoms with Gasteiger partial charge >= 0.3 is 0 Å². The van der Waals surface area contributed by atoms with Crippen molar-refractivity contribution in [2.75, 3.05) is 20.6 Å². The summed E-state index contributed by atoms with van der Waals surface area (Å²) in [5.41, 5.74) is 0.171. The minimum atomic E-state index is 0.171. The average Bonchev–Trinajstić information content (AvgIpc) is 2.16. The largest absolute Gasteiger partial charge is 0.312 e. The third kappa shape index (κ3) is 4.68. The van der Waals surface area contributed by atoms with Gasteiger partial charge in [-0.3, -0.25) is 0 Å². The van der Waals surface area contributed by atoms with Gasteiger partial charge in [-0.05, 0) is 47.3 Å². The number of nitrogens with one attached hydrogen (secondary N) is 1. The van der Waals surface area contributed by atoms with E-state index in [1.54, 1.807) is 0 Å².